The Labute approximate surface area is 96.1 Å². The predicted molar refractivity (Wildman–Crippen MR) is 57.8 cm³/mol. The molecule has 0 amide bonds. The topological polar surface area (TPSA) is 61.8 Å². The van der Waals surface area contributed by atoms with Crippen LogP contribution in [0, 0.1) is 5.92 Å². The lowest BCUT2D eigenvalue weighted by atomic mass is 10.2. The van der Waals surface area contributed by atoms with Crippen molar-refractivity contribution in [3.05, 3.63) is 0 Å². The monoisotopic (exact) mass is 232 g/mol. The highest BCUT2D eigenvalue weighted by Crippen LogP contribution is 1.99. The minimum atomic E-state index is -0.528. The molecule has 0 aromatic carbocycles. The molecule has 0 aromatic heterocycles. The summed E-state index contributed by atoms with van der Waals surface area (Å²) in [5.74, 6) is -0.405. The second-order valence-corrected chi connectivity index (χ2v) is 3.97. The number of hydrogen-bond acceptors (Lipinski definition) is 5. The van der Waals surface area contributed by atoms with Gasteiger partial charge in [-0.05, 0) is 5.92 Å². The summed E-state index contributed by atoms with van der Waals surface area (Å²) < 4.78 is 15.0. The molecule has 0 aliphatic carbocycles. The fourth-order valence-corrected chi connectivity index (χ4v) is 0.996. The third-order valence-electron chi connectivity index (χ3n) is 1.56. The zero-order valence-electron chi connectivity index (χ0n) is 10.3. The Morgan fingerprint density at radius 1 is 1.00 bits per heavy atom. The SMILES string of the molecule is CC(=O)OC[C@H](COCC(C)C)OC(C)=O. The summed E-state index contributed by atoms with van der Waals surface area (Å²) >= 11 is 0. The summed E-state index contributed by atoms with van der Waals surface area (Å²) in [6, 6.07) is 0. The molecule has 0 rings (SSSR count). The van der Waals surface area contributed by atoms with Crippen LogP contribution in [0.25, 0.3) is 0 Å². The first-order valence-corrected chi connectivity index (χ1v) is 5.30. The standard InChI is InChI=1S/C11H20O5/c1-8(2)5-14-6-11(16-10(4)13)7-15-9(3)12/h8,11H,5-7H2,1-4H3/t11-/m0/s1. The van der Waals surface area contributed by atoms with Crippen molar-refractivity contribution in [1.82, 2.24) is 0 Å². The second-order valence-electron chi connectivity index (χ2n) is 3.97. The summed E-state index contributed by atoms with van der Waals surface area (Å²) in [4.78, 5) is 21.4. The Morgan fingerprint density at radius 2 is 1.62 bits per heavy atom. The van der Waals surface area contributed by atoms with Crippen molar-refractivity contribution in [1.29, 1.82) is 0 Å². The van der Waals surface area contributed by atoms with Gasteiger partial charge in [0.2, 0.25) is 0 Å². The van der Waals surface area contributed by atoms with Crippen LogP contribution in [0.4, 0.5) is 0 Å². The van der Waals surface area contributed by atoms with Gasteiger partial charge in [-0.1, -0.05) is 13.8 Å². The Bertz CT molecular complexity index is 224. The van der Waals surface area contributed by atoms with E-state index in [0.717, 1.165) is 0 Å². The molecule has 5 heteroatoms. The zero-order chi connectivity index (χ0) is 12.6. The number of esters is 2. The Balaban J connectivity index is 3.89. The average molecular weight is 232 g/mol. The molecule has 0 aromatic rings. The van der Waals surface area contributed by atoms with E-state index in [-0.39, 0.29) is 13.2 Å². The quantitative estimate of drug-likeness (QED) is 0.616. The summed E-state index contributed by atoms with van der Waals surface area (Å²) in [7, 11) is 0. The molecule has 0 unspecified atom stereocenters. The van der Waals surface area contributed by atoms with Gasteiger partial charge in [0.15, 0.2) is 6.10 Å². The normalized spacial score (nSPS) is 12.3. The van der Waals surface area contributed by atoms with E-state index >= 15 is 0 Å². The van der Waals surface area contributed by atoms with E-state index in [1.807, 2.05) is 13.8 Å². The molecule has 0 fully saturated rings. The van der Waals surface area contributed by atoms with Crippen LogP contribution in [-0.2, 0) is 23.8 Å². The Morgan fingerprint density at radius 3 is 2.06 bits per heavy atom. The maximum Gasteiger partial charge on any atom is 0.303 e. The van der Waals surface area contributed by atoms with Crippen molar-refractivity contribution in [3.63, 3.8) is 0 Å². The molecule has 0 saturated heterocycles. The van der Waals surface area contributed by atoms with Crippen LogP contribution in [-0.4, -0.2) is 37.9 Å². The molecule has 0 spiro atoms. The van der Waals surface area contributed by atoms with Gasteiger partial charge in [0.05, 0.1) is 6.61 Å². The third-order valence-corrected chi connectivity index (χ3v) is 1.56. The van der Waals surface area contributed by atoms with E-state index in [4.69, 9.17) is 14.2 Å². The molecule has 0 aliphatic heterocycles. The van der Waals surface area contributed by atoms with Gasteiger partial charge >= 0.3 is 11.9 Å². The molecular weight excluding hydrogens is 212 g/mol. The van der Waals surface area contributed by atoms with Gasteiger partial charge < -0.3 is 14.2 Å². The average Bonchev–Trinajstić information content (AvgIpc) is 2.12. The van der Waals surface area contributed by atoms with Gasteiger partial charge in [-0.15, -0.1) is 0 Å². The van der Waals surface area contributed by atoms with Gasteiger partial charge in [0.25, 0.3) is 0 Å². The molecule has 5 nitrogen and oxygen atoms in total. The molecule has 94 valence electrons. The van der Waals surface area contributed by atoms with E-state index in [1.165, 1.54) is 13.8 Å². The second kappa shape index (κ2) is 8.10. The lowest BCUT2D eigenvalue weighted by molar-refractivity contribution is -0.160. The predicted octanol–water partition coefficient (Wildman–Crippen LogP) is 1.15. The zero-order valence-corrected chi connectivity index (χ0v) is 10.3. The summed E-state index contributed by atoms with van der Waals surface area (Å²) in [6.07, 6.45) is -0.528. The highest BCUT2D eigenvalue weighted by Gasteiger charge is 2.14. The van der Waals surface area contributed by atoms with Crippen molar-refractivity contribution < 1.29 is 23.8 Å². The number of hydrogen-bond donors (Lipinski definition) is 0. The Hall–Kier alpha value is -1.10. The van der Waals surface area contributed by atoms with E-state index < -0.39 is 18.0 Å². The molecule has 16 heavy (non-hydrogen) atoms. The van der Waals surface area contributed by atoms with Crippen LogP contribution >= 0.6 is 0 Å². The summed E-state index contributed by atoms with van der Waals surface area (Å²) in [5, 5.41) is 0. The highest BCUT2D eigenvalue weighted by atomic mass is 16.6. The first-order valence-electron chi connectivity index (χ1n) is 5.30. The van der Waals surface area contributed by atoms with Crippen molar-refractivity contribution >= 4 is 11.9 Å². The molecule has 0 radical (unpaired) electrons. The van der Waals surface area contributed by atoms with Crippen LogP contribution in [0.3, 0.4) is 0 Å². The molecule has 0 N–H and O–H groups in total. The minimum Gasteiger partial charge on any atom is -0.462 e. The first-order chi connectivity index (χ1) is 7.41. The van der Waals surface area contributed by atoms with Crippen molar-refractivity contribution in [2.45, 2.75) is 33.8 Å². The molecule has 1 atom stereocenters. The van der Waals surface area contributed by atoms with Gasteiger partial charge in [0.1, 0.15) is 6.61 Å². The number of ether oxygens (including phenoxy) is 3. The van der Waals surface area contributed by atoms with E-state index in [0.29, 0.717) is 12.5 Å². The largest absolute Gasteiger partial charge is 0.462 e. The number of rotatable bonds is 7. The van der Waals surface area contributed by atoms with Crippen LogP contribution in [0.1, 0.15) is 27.7 Å². The van der Waals surface area contributed by atoms with Crippen LogP contribution in [0.2, 0.25) is 0 Å². The maximum absolute atomic E-state index is 10.8. The fraction of sp³-hybridized carbons (Fsp3) is 0.818. The van der Waals surface area contributed by atoms with Gasteiger partial charge in [-0.25, -0.2) is 0 Å². The van der Waals surface area contributed by atoms with E-state index in [9.17, 15) is 9.59 Å². The molecule has 0 bridgehead atoms. The lowest BCUT2D eigenvalue weighted by Gasteiger charge is -2.17. The van der Waals surface area contributed by atoms with Crippen molar-refractivity contribution in [2.75, 3.05) is 19.8 Å². The summed E-state index contributed by atoms with van der Waals surface area (Å²) in [6.45, 7) is 7.51. The van der Waals surface area contributed by atoms with E-state index in [1.54, 1.807) is 0 Å². The van der Waals surface area contributed by atoms with Crippen molar-refractivity contribution in [3.8, 4) is 0 Å². The highest BCUT2D eigenvalue weighted by molar-refractivity contribution is 5.67. The summed E-state index contributed by atoms with van der Waals surface area (Å²) in [5.41, 5.74) is 0. The van der Waals surface area contributed by atoms with Crippen molar-refractivity contribution in [2.24, 2.45) is 5.92 Å². The van der Waals surface area contributed by atoms with Crippen LogP contribution in [0.15, 0.2) is 0 Å². The van der Waals surface area contributed by atoms with Crippen LogP contribution < -0.4 is 0 Å². The Kier molecular flexibility index (Phi) is 7.54. The molecular formula is C11H20O5. The lowest BCUT2D eigenvalue weighted by Crippen LogP contribution is -2.29. The first kappa shape index (κ1) is 14.9. The van der Waals surface area contributed by atoms with E-state index in [2.05, 4.69) is 0 Å². The van der Waals surface area contributed by atoms with Gasteiger partial charge in [-0.2, -0.15) is 0 Å². The molecule has 0 aliphatic rings. The number of carbonyl (C=O) groups excluding carboxylic acids is 2. The van der Waals surface area contributed by atoms with Gasteiger partial charge in [-0.3, -0.25) is 9.59 Å². The number of carbonyl (C=O) groups is 2. The molecule has 0 saturated carbocycles. The molecule has 0 heterocycles. The fourth-order valence-electron chi connectivity index (χ4n) is 0.996. The van der Waals surface area contributed by atoms with Gasteiger partial charge in [0, 0.05) is 20.5 Å². The minimum absolute atomic E-state index is 0.0347. The third kappa shape index (κ3) is 9.45. The smallest absolute Gasteiger partial charge is 0.303 e. The maximum atomic E-state index is 10.8. The van der Waals surface area contributed by atoms with Crippen LogP contribution in [0.5, 0.6) is 0 Å².